The maximum atomic E-state index is 13.5. The molecule has 3 aromatic rings. The zero-order valence-corrected chi connectivity index (χ0v) is 17.1. The molecule has 0 radical (unpaired) electrons. The van der Waals surface area contributed by atoms with Crippen molar-refractivity contribution in [3.8, 4) is 16.9 Å². The van der Waals surface area contributed by atoms with Gasteiger partial charge in [-0.15, -0.1) is 0 Å². The Hall–Kier alpha value is -2.92. The molecule has 0 bridgehead atoms. The normalized spacial score (nSPS) is 16.0. The number of aryl methyl sites for hydroxylation is 1. The number of piperidine rings is 1. The lowest BCUT2D eigenvalue weighted by Crippen LogP contribution is -2.42. The standard InChI is InChI=1S/C24H28N4O/c1-17-8-6-7-11-21(17)23-22(16-28(26-23)20-9-4-3-5-10-20)24(29)27-14-12-19(13-15-27)18(2)25/h3-11,16,18-19H,12-15,25H2,1-2H3. The average molecular weight is 389 g/mol. The molecule has 4 rings (SSSR count). The third-order valence-electron chi connectivity index (χ3n) is 5.94. The third-order valence-corrected chi connectivity index (χ3v) is 5.94. The van der Waals surface area contributed by atoms with E-state index in [1.165, 1.54) is 0 Å². The number of nitrogens with two attached hydrogens (primary N) is 1. The summed E-state index contributed by atoms with van der Waals surface area (Å²) < 4.78 is 1.81. The van der Waals surface area contributed by atoms with Gasteiger partial charge in [-0.05, 0) is 50.3 Å². The number of para-hydroxylation sites is 1. The molecule has 5 nitrogen and oxygen atoms in total. The topological polar surface area (TPSA) is 64.2 Å². The Morgan fingerprint density at radius 3 is 2.38 bits per heavy atom. The molecule has 29 heavy (non-hydrogen) atoms. The molecule has 1 saturated heterocycles. The SMILES string of the molecule is Cc1ccccc1-c1nn(-c2ccccc2)cc1C(=O)N1CCC(C(C)N)CC1. The molecular formula is C24H28N4O. The van der Waals surface area contributed by atoms with Gasteiger partial charge in [0.1, 0.15) is 5.69 Å². The molecule has 1 fully saturated rings. The minimum atomic E-state index is 0.0496. The van der Waals surface area contributed by atoms with Gasteiger partial charge in [-0.3, -0.25) is 4.79 Å². The van der Waals surface area contributed by atoms with Crippen LogP contribution in [0.15, 0.2) is 60.8 Å². The van der Waals surface area contributed by atoms with E-state index < -0.39 is 0 Å². The molecule has 1 atom stereocenters. The van der Waals surface area contributed by atoms with Gasteiger partial charge in [0.15, 0.2) is 0 Å². The first-order chi connectivity index (χ1) is 14.0. The Morgan fingerprint density at radius 1 is 1.07 bits per heavy atom. The fourth-order valence-electron chi connectivity index (χ4n) is 4.08. The van der Waals surface area contributed by atoms with E-state index in [4.69, 9.17) is 10.8 Å². The van der Waals surface area contributed by atoms with Crippen LogP contribution in [0.3, 0.4) is 0 Å². The molecule has 1 unspecified atom stereocenters. The minimum Gasteiger partial charge on any atom is -0.339 e. The first-order valence-electron chi connectivity index (χ1n) is 10.3. The van der Waals surface area contributed by atoms with Crippen molar-refractivity contribution in [2.45, 2.75) is 32.7 Å². The van der Waals surface area contributed by atoms with Gasteiger partial charge in [0.05, 0.1) is 11.3 Å². The summed E-state index contributed by atoms with van der Waals surface area (Å²) in [7, 11) is 0. The highest BCUT2D eigenvalue weighted by Gasteiger charge is 2.28. The van der Waals surface area contributed by atoms with Gasteiger partial charge in [-0.25, -0.2) is 4.68 Å². The van der Waals surface area contributed by atoms with Crippen LogP contribution in [0.4, 0.5) is 0 Å². The fourth-order valence-corrected chi connectivity index (χ4v) is 4.08. The van der Waals surface area contributed by atoms with Crippen molar-refractivity contribution in [3.05, 3.63) is 71.9 Å². The van der Waals surface area contributed by atoms with Gasteiger partial charge >= 0.3 is 0 Å². The quantitative estimate of drug-likeness (QED) is 0.733. The average Bonchev–Trinajstić information content (AvgIpc) is 3.19. The molecule has 0 spiro atoms. The van der Waals surface area contributed by atoms with E-state index in [0.29, 0.717) is 11.5 Å². The molecule has 1 aromatic heterocycles. The Morgan fingerprint density at radius 2 is 1.72 bits per heavy atom. The molecule has 2 aromatic carbocycles. The predicted octanol–water partition coefficient (Wildman–Crippen LogP) is 4.05. The molecule has 2 heterocycles. The molecule has 0 saturated carbocycles. The van der Waals surface area contributed by atoms with Crippen LogP contribution in [0.2, 0.25) is 0 Å². The Balaban J connectivity index is 1.71. The Labute approximate surface area is 172 Å². The lowest BCUT2D eigenvalue weighted by Gasteiger charge is -2.33. The van der Waals surface area contributed by atoms with Crippen molar-refractivity contribution < 1.29 is 4.79 Å². The predicted molar refractivity (Wildman–Crippen MR) is 116 cm³/mol. The van der Waals surface area contributed by atoms with Crippen LogP contribution in [-0.2, 0) is 0 Å². The van der Waals surface area contributed by atoms with E-state index in [-0.39, 0.29) is 11.9 Å². The molecule has 1 amide bonds. The van der Waals surface area contributed by atoms with Gasteiger partial charge < -0.3 is 10.6 Å². The van der Waals surface area contributed by atoms with Crippen LogP contribution in [0.5, 0.6) is 0 Å². The van der Waals surface area contributed by atoms with Crippen molar-refractivity contribution in [2.24, 2.45) is 11.7 Å². The number of amides is 1. The van der Waals surface area contributed by atoms with Crippen LogP contribution in [0, 0.1) is 12.8 Å². The van der Waals surface area contributed by atoms with Gasteiger partial charge in [-0.2, -0.15) is 5.10 Å². The van der Waals surface area contributed by atoms with Crippen LogP contribution in [0.25, 0.3) is 16.9 Å². The first kappa shape index (κ1) is 19.4. The van der Waals surface area contributed by atoms with E-state index in [1.807, 2.05) is 64.3 Å². The summed E-state index contributed by atoms with van der Waals surface area (Å²) in [6.45, 7) is 5.60. The van der Waals surface area contributed by atoms with Crippen molar-refractivity contribution >= 4 is 5.91 Å². The molecular weight excluding hydrogens is 360 g/mol. The number of rotatable bonds is 4. The molecule has 0 aliphatic carbocycles. The lowest BCUT2D eigenvalue weighted by molar-refractivity contribution is 0.0681. The summed E-state index contributed by atoms with van der Waals surface area (Å²) in [5, 5.41) is 4.82. The second kappa shape index (κ2) is 8.21. The number of likely N-dealkylation sites (tertiary alicyclic amines) is 1. The highest BCUT2D eigenvalue weighted by molar-refractivity contribution is 6.00. The fraction of sp³-hybridized carbons (Fsp3) is 0.333. The monoisotopic (exact) mass is 388 g/mol. The molecule has 2 N–H and O–H groups in total. The zero-order valence-electron chi connectivity index (χ0n) is 17.1. The third kappa shape index (κ3) is 3.96. The zero-order chi connectivity index (χ0) is 20.4. The summed E-state index contributed by atoms with van der Waals surface area (Å²) >= 11 is 0. The second-order valence-corrected chi connectivity index (χ2v) is 7.98. The minimum absolute atomic E-state index is 0.0496. The summed E-state index contributed by atoms with van der Waals surface area (Å²) in [5.41, 5.74) is 10.5. The highest BCUT2D eigenvalue weighted by Crippen LogP contribution is 2.29. The maximum Gasteiger partial charge on any atom is 0.257 e. The van der Waals surface area contributed by atoms with Gasteiger partial charge in [-0.1, -0.05) is 42.5 Å². The van der Waals surface area contributed by atoms with Crippen molar-refractivity contribution in [3.63, 3.8) is 0 Å². The number of carbonyl (C=O) groups is 1. The number of carbonyl (C=O) groups excluding carboxylic acids is 1. The van der Waals surface area contributed by atoms with E-state index in [2.05, 4.69) is 19.9 Å². The molecule has 5 heteroatoms. The summed E-state index contributed by atoms with van der Waals surface area (Å²) in [4.78, 5) is 15.4. The Bertz CT molecular complexity index is 985. The van der Waals surface area contributed by atoms with Crippen LogP contribution in [0.1, 0.15) is 35.7 Å². The summed E-state index contributed by atoms with van der Waals surface area (Å²) in [6, 6.07) is 18.2. The van der Waals surface area contributed by atoms with Gasteiger partial charge in [0, 0.05) is 30.9 Å². The smallest absolute Gasteiger partial charge is 0.257 e. The lowest BCUT2D eigenvalue weighted by atomic mass is 9.90. The van der Waals surface area contributed by atoms with Crippen LogP contribution >= 0.6 is 0 Å². The van der Waals surface area contributed by atoms with Gasteiger partial charge in [0.2, 0.25) is 0 Å². The van der Waals surface area contributed by atoms with E-state index in [0.717, 1.165) is 48.4 Å². The van der Waals surface area contributed by atoms with Crippen molar-refractivity contribution in [2.75, 3.05) is 13.1 Å². The van der Waals surface area contributed by atoms with E-state index >= 15 is 0 Å². The van der Waals surface area contributed by atoms with E-state index in [9.17, 15) is 4.79 Å². The van der Waals surface area contributed by atoms with Gasteiger partial charge in [0.25, 0.3) is 5.91 Å². The molecule has 150 valence electrons. The number of nitrogens with zero attached hydrogens (tertiary/aromatic N) is 3. The summed E-state index contributed by atoms with van der Waals surface area (Å²) in [5.74, 6) is 0.537. The highest BCUT2D eigenvalue weighted by atomic mass is 16.2. The number of benzene rings is 2. The summed E-state index contributed by atoms with van der Waals surface area (Å²) in [6.07, 6.45) is 3.78. The maximum absolute atomic E-state index is 13.5. The Kier molecular flexibility index (Phi) is 5.49. The second-order valence-electron chi connectivity index (χ2n) is 7.98. The number of hydrogen-bond donors (Lipinski definition) is 1. The van der Waals surface area contributed by atoms with Crippen LogP contribution in [-0.4, -0.2) is 39.7 Å². The molecule has 1 aliphatic heterocycles. The first-order valence-corrected chi connectivity index (χ1v) is 10.3. The van der Waals surface area contributed by atoms with Crippen LogP contribution < -0.4 is 5.73 Å². The van der Waals surface area contributed by atoms with Crippen molar-refractivity contribution in [1.29, 1.82) is 0 Å². The number of hydrogen-bond acceptors (Lipinski definition) is 3. The van der Waals surface area contributed by atoms with Crippen molar-refractivity contribution in [1.82, 2.24) is 14.7 Å². The molecule has 1 aliphatic rings. The number of aromatic nitrogens is 2. The van der Waals surface area contributed by atoms with E-state index in [1.54, 1.807) is 0 Å². The largest absolute Gasteiger partial charge is 0.339 e.